The van der Waals surface area contributed by atoms with Gasteiger partial charge in [-0.3, -0.25) is 14.4 Å². The number of benzene rings is 1. The van der Waals surface area contributed by atoms with Crippen LogP contribution in [0.3, 0.4) is 0 Å². The van der Waals surface area contributed by atoms with Gasteiger partial charge >= 0.3 is 0 Å². The molecule has 1 aliphatic heterocycles. The Morgan fingerprint density at radius 1 is 1.12 bits per heavy atom. The van der Waals surface area contributed by atoms with Crippen LogP contribution in [-0.2, 0) is 9.53 Å². The zero-order chi connectivity index (χ0) is 24.3. The lowest BCUT2D eigenvalue weighted by Crippen LogP contribution is -2.44. The lowest BCUT2D eigenvalue weighted by Gasteiger charge is -2.30. The molecule has 1 atom stereocenters. The van der Waals surface area contributed by atoms with Gasteiger partial charge in [-0.05, 0) is 59.1 Å². The van der Waals surface area contributed by atoms with Gasteiger partial charge in [0.2, 0.25) is 5.95 Å². The number of aromatic nitrogens is 2. The van der Waals surface area contributed by atoms with Gasteiger partial charge in [-0.2, -0.15) is 4.98 Å². The molecule has 0 saturated carbocycles. The van der Waals surface area contributed by atoms with Crippen molar-refractivity contribution < 1.29 is 19.1 Å². The highest BCUT2D eigenvalue weighted by atomic mass is 16.5. The number of carbonyl (C=O) groups is 3. The number of hydrogen-bond acceptors (Lipinski definition) is 8. The van der Waals surface area contributed by atoms with Crippen molar-refractivity contribution in [1.82, 2.24) is 14.9 Å². The maximum atomic E-state index is 12.8. The van der Waals surface area contributed by atoms with Crippen LogP contribution in [0.1, 0.15) is 67.7 Å². The Kier molecular flexibility index (Phi) is 7.63. The Labute approximate surface area is 194 Å². The van der Waals surface area contributed by atoms with Crippen LogP contribution in [0.4, 0.5) is 11.8 Å². The van der Waals surface area contributed by atoms with Crippen LogP contribution in [0.25, 0.3) is 10.9 Å². The highest BCUT2D eigenvalue weighted by Gasteiger charge is 2.29. The second kappa shape index (κ2) is 10.2. The number of Topliss-reactive ketones (excluding diaryl/α,β-unsaturated/α-hetero) is 2. The number of carbonyl (C=O) groups excluding carboxylic acids is 3. The molecule has 2 aromatic rings. The lowest BCUT2D eigenvalue weighted by molar-refractivity contribution is -0.142. The molecule has 0 radical (unpaired) electrons. The number of nitrogens with two attached hydrogens (primary N) is 1. The van der Waals surface area contributed by atoms with Gasteiger partial charge in [0.25, 0.3) is 5.91 Å². The van der Waals surface area contributed by atoms with Crippen molar-refractivity contribution in [3.05, 3.63) is 23.3 Å². The summed E-state index contributed by atoms with van der Waals surface area (Å²) >= 11 is 0. The number of nitrogen functional groups attached to an aromatic ring is 1. The number of nitrogens with zero attached hydrogens (tertiary/aromatic N) is 4. The summed E-state index contributed by atoms with van der Waals surface area (Å²) in [6.07, 6.45) is 2.09. The molecule has 9 heteroatoms. The van der Waals surface area contributed by atoms with Crippen molar-refractivity contribution >= 4 is 40.1 Å². The zero-order valence-corrected chi connectivity index (χ0v) is 20.1. The van der Waals surface area contributed by atoms with Gasteiger partial charge in [-0.15, -0.1) is 0 Å². The van der Waals surface area contributed by atoms with E-state index >= 15 is 0 Å². The van der Waals surface area contributed by atoms with Crippen molar-refractivity contribution in [2.45, 2.75) is 59.1 Å². The van der Waals surface area contributed by atoms with Crippen LogP contribution < -0.4 is 10.6 Å². The number of rotatable bonds is 9. The molecule has 1 fully saturated rings. The summed E-state index contributed by atoms with van der Waals surface area (Å²) in [5.41, 5.74) is 7.32. The molecule has 3 rings (SSSR count). The molecule has 1 aromatic carbocycles. The maximum absolute atomic E-state index is 12.8. The molecule has 2 heterocycles. The van der Waals surface area contributed by atoms with Gasteiger partial charge in [0.05, 0.1) is 5.52 Å². The fraction of sp³-hybridized carbons (Fsp3) is 0.542. The fourth-order valence-electron chi connectivity index (χ4n) is 4.10. The first-order chi connectivity index (χ1) is 15.6. The van der Waals surface area contributed by atoms with Crippen LogP contribution in [0, 0.1) is 0 Å². The summed E-state index contributed by atoms with van der Waals surface area (Å²) in [4.78, 5) is 49.5. The number of ether oxygens (including phenoxy) is 1. The number of fused-ring (bicyclic) bond motifs is 1. The molecule has 1 unspecified atom stereocenters. The second-order valence-corrected chi connectivity index (χ2v) is 8.84. The van der Waals surface area contributed by atoms with Crippen LogP contribution in [0.5, 0.6) is 0 Å². The lowest BCUT2D eigenvalue weighted by atomic mass is 9.99. The third kappa shape index (κ3) is 5.47. The highest BCUT2D eigenvalue weighted by molar-refractivity contribution is 6.11. The first-order valence-corrected chi connectivity index (χ1v) is 11.4. The van der Waals surface area contributed by atoms with E-state index in [4.69, 9.17) is 10.5 Å². The van der Waals surface area contributed by atoms with E-state index < -0.39 is 0 Å². The van der Waals surface area contributed by atoms with Gasteiger partial charge in [-0.25, -0.2) is 4.98 Å². The van der Waals surface area contributed by atoms with Crippen molar-refractivity contribution in [3.63, 3.8) is 0 Å². The topological polar surface area (TPSA) is 119 Å². The predicted molar refractivity (Wildman–Crippen MR) is 128 cm³/mol. The molecular formula is C24H33N5O4. The Balaban J connectivity index is 1.75. The number of anilines is 2. The van der Waals surface area contributed by atoms with E-state index in [0.717, 1.165) is 19.3 Å². The monoisotopic (exact) mass is 455 g/mol. The molecule has 0 spiro atoms. The molecule has 1 amide bonds. The van der Waals surface area contributed by atoms with Gasteiger partial charge in [0.15, 0.2) is 11.6 Å². The molecule has 1 aliphatic rings. The maximum Gasteiger partial charge on any atom is 0.251 e. The fourth-order valence-corrected chi connectivity index (χ4v) is 4.10. The van der Waals surface area contributed by atoms with Crippen LogP contribution in [0.2, 0.25) is 0 Å². The third-order valence-corrected chi connectivity index (χ3v) is 5.96. The number of ketones is 2. The minimum atomic E-state index is -0.330. The summed E-state index contributed by atoms with van der Waals surface area (Å²) in [6, 6.07) is 3.27. The van der Waals surface area contributed by atoms with E-state index in [9.17, 15) is 14.4 Å². The van der Waals surface area contributed by atoms with Crippen molar-refractivity contribution in [1.29, 1.82) is 0 Å². The molecule has 2 N–H and O–H groups in total. The predicted octanol–water partition coefficient (Wildman–Crippen LogP) is 2.86. The number of amides is 1. The van der Waals surface area contributed by atoms with Gasteiger partial charge < -0.3 is 20.3 Å². The normalized spacial score (nSPS) is 15.8. The zero-order valence-electron chi connectivity index (χ0n) is 20.1. The molecular weight excluding hydrogens is 422 g/mol. The molecule has 0 bridgehead atoms. The van der Waals surface area contributed by atoms with E-state index in [1.807, 2.05) is 30.7 Å². The standard InChI is InChI=1S/C24H33N5O4/c1-14(2)29(23(32)21-8-6-11-33-21)10-7-9-28(5)24-26-20-13-18(16(4)31)17(15(3)30)12-19(20)22(25)27-24/h12-14,21H,6-11H2,1-5H3,(H2,25,26,27). The molecule has 9 nitrogen and oxygen atoms in total. The third-order valence-electron chi connectivity index (χ3n) is 5.96. The van der Waals surface area contributed by atoms with Crippen LogP contribution in [-0.4, -0.2) is 71.2 Å². The van der Waals surface area contributed by atoms with Crippen molar-refractivity contribution in [3.8, 4) is 0 Å². The van der Waals surface area contributed by atoms with Crippen molar-refractivity contribution in [2.75, 3.05) is 37.4 Å². The average molecular weight is 456 g/mol. The SMILES string of the molecule is CC(=O)c1cc2nc(N(C)CCCN(C(=O)C3CCCO3)C(C)C)nc(N)c2cc1C(C)=O. The molecule has 33 heavy (non-hydrogen) atoms. The molecule has 1 saturated heterocycles. The largest absolute Gasteiger partial charge is 0.383 e. The Morgan fingerprint density at radius 2 is 1.79 bits per heavy atom. The average Bonchev–Trinajstić information content (AvgIpc) is 3.29. The molecule has 1 aromatic heterocycles. The summed E-state index contributed by atoms with van der Waals surface area (Å²) in [6.45, 7) is 8.70. The van der Waals surface area contributed by atoms with E-state index in [-0.39, 0.29) is 35.4 Å². The van der Waals surface area contributed by atoms with Crippen molar-refractivity contribution in [2.24, 2.45) is 0 Å². The minimum Gasteiger partial charge on any atom is -0.383 e. The van der Waals surface area contributed by atoms with E-state index in [1.54, 1.807) is 12.1 Å². The van der Waals surface area contributed by atoms with Gasteiger partial charge in [0, 0.05) is 49.3 Å². The van der Waals surface area contributed by atoms with Gasteiger partial charge in [0.1, 0.15) is 11.9 Å². The summed E-state index contributed by atoms with van der Waals surface area (Å²) in [5.74, 6) is 0.298. The van der Waals surface area contributed by atoms with Crippen LogP contribution in [0.15, 0.2) is 12.1 Å². The Hall–Kier alpha value is -3.07. The van der Waals surface area contributed by atoms with Crippen LogP contribution >= 0.6 is 0 Å². The first kappa shape index (κ1) is 24.6. The molecule has 0 aliphatic carbocycles. The summed E-state index contributed by atoms with van der Waals surface area (Å²) in [5, 5.41) is 0.537. The van der Waals surface area contributed by atoms with E-state index in [0.29, 0.717) is 47.7 Å². The smallest absolute Gasteiger partial charge is 0.251 e. The highest BCUT2D eigenvalue weighted by Crippen LogP contribution is 2.26. The second-order valence-electron chi connectivity index (χ2n) is 8.84. The molecule has 178 valence electrons. The summed E-state index contributed by atoms with van der Waals surface area (Å²) < 4.78 is 5.57. The first-order valence-electron chi connectivity index (χ1n) is 11.4. The number of hydrogen-bond donors (Lipinski definition) is 1. The quantitative estimate of drug-likeness (QED) is 0.573. The van der Waals surface area contributed by atoms with Gasteiger partial charge in [-0.1, -0.05) is 0 Å². The van der Waals surface area contributed by atoms with E-state index in [2.05, 4.69) is 9.97 Å². The van der Waals surface area contributed by atoms with E-state index in [1.165, 1.54) is 13.8 Å². The Bertz CT molecular complexity index is 1060. The Morgan fingerprint density at radius 3 is 2.36 bits per heavy atom. The summed E-state index contributed by atoms with van der Waals surface area (Å²) in [7, 11) is 1.86. The minimum absolute atomic E-state index is 0.0504.